The molecule has 0 fully saturated rings. The fourth-order valence-electron chi connectivity index (χ4n) is 2.08. The molecule has 17 heavy (non-hydrogen) atoms. The predicted octanol–water partition coefficient (Wildman–Crippen LogP) is 2.54. The highest BCUT2D eigenvalue weighted by Crippen LogP contribution is 2.42. The Hall–Kier alpha value is -1.94. The van der Waals surface area contributed by atoms with Gasteiger partial charge in [-0.05, 0) is 24.3 Å². The van der Waals surface area contributed by atoms with Gasteiger partial charge in [-0.15, -0.1) is 0 Å². The summed E-state index contributed by atoms with van der Waals surface area (Å²) in [5.74, 6) is 1.30. The van der Waals surface area contributed by atoms with Crippen LogP contribution in [0.1, 0.15) is 30.0 Å². The molecule has 0 saturated heterocycles. The maximum atomic E-state index is 10.0. The van der Waals surface area contributed by atoms with Crippen molar-refractivity contribution in [1.29, 1.82) is 0 Å². The van der Waals surface area contributed by atoms with Crippen LogP contribution in [0.3, 0.4) is 0 Å². The van der Waals surface area contributed by atoms with Crippen LogP contribution >= 0.6 is 0 Å². The second kappa shape index (κ2) is 3.82. The van der Waals surface area contributed by atoms with Gasteiger partial charge in [0.1, 0.15) is 17.3 Å². The standard InChI is InChI=1S/C13H12O4/c14-8-3-4-9-10(15)7-13(17-12(9)6-8)11-2-1-5-16-11/h1-6,10,13-15H,7H2/t10-,13+/m0/s1. The van der Waals surface area contributed by atoms with Gasteiger partial charge in [-0.1, -0.05) is 0 Å². The minimum atomic E-state index is -0.602. The van der Waals surface area contributed by atoms with E-state index < -0.39 is 6.10 Å². The minimum Gasteiger partial charge on any atom is -0.508 e. The summed E-state index contributed by atoms with van der Waals surface area (Å²) in [6.45, 7) is 0. The van der Waals surface area contributed by atoms with Crippen LogP contribution in [0.15, 0.2) is 41.0 Å². The Balaban J connectivity index is 1.97. The van der Waals surface area contributed by atoms with Crippen molar-refractivity contribution in [3.63, 3.8) is 0 Å². The van der Waals surface area contributed by atoms with Gasteiger partial charge < -0.3 is 19.4 Å². The number of phenolic OH excluding ortho intramolecular Hbond substituents is 1. The molecule has 88 valence electrons. The van der Waals surface area contributed by atoms with Gasteiger partial charge in [-0.25, -0.2) is 0 Å². The van der Waals surface area contributed by atoms with Gasteiger partial charge in [0.05, 0.1) is 12.4 Å². The number of furan rings is 1. The average Bonchev–Trinajstić information content (AvgIpc) is 2.81. The molecule has 0 saturated carbocycles. The molecule has 4 heteroatoms. The zero-order valence-electron chi connectivity index (χ0n) is 9.04. The van der Waals surface area contributed by atoms with Crippen LogP contribution in [-0.4, -0.2) is 10.2 Å². The molecule has 1 aliphatic rings. The van der Waals surface area contributed by atoms with Crippen molar-refractivity contribution < 1.29 is 19.4 Å². The van der Waals surface area contributed by atoms with Crippen molar-refractivity contribution in [2.45, 2.75) is 18.6 Å². The van der Waals surface area contributed by atoms with E-state index in [9.17, 15) is 10.2 Å². The third kappa shape index (κ3) is 1.76. The zero-order valence-corrected chi connectivity index (χ0v) is 9.04. The van der Waals surface area contributed by atoms with Crippen LogP contribution in [0.4, 0.5) is 0 Å². The number of hydrogen-bond donors (Lipinski definition) is 2. The van der Waals surface area contributed by atoms with Gasteiger partial charge in [0.15, 0.2) is 6.10 Å². The molecule has 2 atom stereocenters. The Kier molecular flexibility index (Phi) is 2.30. The number of rotatable bonds is 1. The maximum Gasteiger partial charge on any atom is 0.159 e. The Morgan fingerprint density at radius 1 is 1.24 bits per heavy atom. The second-order valence-electron chi connectivity index (χ2n) is 4.10. The topological polar surface area (TPSA) is 62.8 Å². The molecule has 0 spiro atoms. The molecular formula is C13H12O4. The highest BCUT2D eigenvalue weighted by Gasteiger charge is 2.29. The molecule has 1 aliphatic heterocycles. The van der Waals surface area contributed by atoms with E-state index >= 15 is 0 Å². The fraction of sp³-hybridized carbons (Fsp3) is 0.231. The second-order valence-corrected chi connectivity index (χ2v) is 4.10. The zero-order chi connectivity index (χ0) is 11.8. The monoisotopic (exact) mass is 232 g/mol. The highest BCUT2D eigenvalue weighted by atomic mass is 16.5. The lowest BCUT2D eigenvalue weighted by atomic mass is 9.98. The van der Waals surface area contributed by atoms with E-state index in [1.165, 1.54) is 6.07 Å². The van der Waals surface area contributed by atoms with E-state index in [1.807, 2.05) is 6.07 Å². The van der Waals surface area contributed by atoms with E-state index in [2.05, 4.69) is 0 Å². The van der Waals surface area contributed by atoms with Crippen molar-refractivity contribution in [3.05, 3.63) is 47.9 Å². The molecule has 3 rings (SSSR count). The summed E-state index contributed by atoms with van der Waals surface area (Å²) < 4.78 is 11.0. The summed E-state index contributed by atoms with van der Waals surface area (Å²) in [5, 5.41) is 19.4. The summed E-state index contributed by atoms with van der Waals surface area (Å²) >= 11 is 0. The lowest BCUT2D eigenvalue weighted by Crippen LogP contribution is -2.18. The number of aromatic hydroxyl groups is 1. The predicted molar refractivity (Wildman–Crippen MR) is 59.8 cm³/mol. The normalized spacial score (nSPS) is 22.9. The van der Waals surface area contributed by atoms with Gasteiger partial charge in [0.2, 0.25) is 0 Å². The van der Waals surface area contributed by atoms with Gasteiger partial charge in [0.25, 0.3) is 0 Å². The molecule has 4 nitrogen and oxygen atoms in total. The van der Waals surface area contributed by atoms with Crippen LogP contribution in [0.5, 0.6) is 11.5 Å². The molecular weight excluding hydrogens is 220 g/mol. The molecule has 0 unspecified atom stereocenters. The first kappa shape index (κ1) is 10.2. The molecule has 2 aromatic rings. The van der Waals surface area contributed by atoms with Crippen molar-refractivity contribution >= 4 is 0 Å². The number of ether oxygens (including phenoxy) is 1. The van der Waals surface area contributed by atoms with Gasteiger partial charge in [-0.2, -0.15) is 0 Å². The van der Waals surface area contributed by atoms with E-state index in [0.29, 0.717) is 23.5 Å². The first-order valence-electron chi connectivity index (χ1n) is 5.45. The largest absolute Gasteiger partial charge is 0.508 e. The maximum absolute atomic E-state index is 10.0. The van der Waals surface area contributed by atoms with E-state index in [0.717, 1.165) is 0 Å². The highest BCUT2D eigenvalue weighted by molar-refractivity contribution is 5.43. The molecule has 1 aromatic heterocycles. The third-order valence-corrected chi connectivity index (χ3v) is 2.92. The van der Waals surface area contributed by atoms with Crippen LogP contribution in [-0.2, 0) is 0 Å². The van der Waals surface area contributed by atoms with Crippen molar-refractivity contribution in [1.82, 2.24) is 0 Å². The SMILES string of the molecule is Oc1ccc2c(c1)O[C@@H](c1ccco1)C[C@@H]2O. The van der Waals surface area contributed by atoms with Crippen LogP contribution in [0.25, 0.3) is 0 Å². The molecule has 0 aliphatic carbocycles. The molecule has 0 bridgehead atoms. The van der Waals surface area contributed by atoms with E-state index in [1.54, 1.807) is 24.5 Å². The number of benzene rings is 1. The summed E-state index contributed by atoms with van der Waals surface area (Å²) in [5.41, 5.74) is 0.700. The minimum absolute atomic E-state index is 0.121. The third-order valence-electron chi connectivity index (χ3n) is 2.92. The van der Waals surface area contributed by atoms with E-state index in [-0.39, 0.29) is 11.9 Å². The number of fused-ring (bicyclic) bond motifs is 1. The fourth-order valence-corrected chi connectivity index (χ4v) is 2.08. The number of aliphatic hydroxyl groups excluding tert-OH is 1. The Morgan fingerprint density at radius 2 is 2.12 bits per heavy atom. The quantitative estimate of drug-likeness (QED) is 0.793. The lowest BCUT2D eigenvalue weighted by molar-refractivity contribution is 0.0544. The lowest BCUT2D eigenvalue weighted by Gasteiger charge is -2.28. The molecule has 1 aromatic carbocycles. The van der Waals surface area contributed by atoms with Crippen LogP contribution < -0.4 is 4.74 Å². The van der Waals surface area contributed by atoms with E-state index in [4.69, 9.17) is 9.15 Å². The summed E-state index contributed by atoms with van der Waals surface area (Å²) in [7, 11) is 0. The van der Waals surface area contributed by atoms with Crippen LogP contribution in [0.2, 0.25) is 0 Å². The van der Waals surface area contributed by atoms with Crippen molar-refractivity contribution in [2.75, 3.05) is 0 Å². The van der Waals surface area contributed by atoms with Crippen LogP contribution in [0, 0.1) is 0 Å². The first-order valence-corrected chi connectivity index (χ1v) is 5.45. The Labute approximate surface area is 98.1 Å². The smallest absolute Gasteiger partial charge is 0.159 e. The summed E-state index contributed by atoms with van der Waals surface area (Å²) in [6.07, 6.45) is 1.11. The number of aliphatic hydroxyl groups is 1. The van der Waals surface area contributed by atoms with Gasteiger partial charge in [0, 0.05) is 18.1 Å². The number of hydrogen-bond acceptors (Lipinski definition) is 4. The van der Waals surface area contributed by atoms with Crippen molar-refractivity contribution in [3.8, 4) is 11.5 Å². The molecule has 0 radical (unpaired) electrons. The molecule has 0 amide bonds. The first-order chi connectivity index (χ1) is 8.24. The molecule has 2 N–H and O–H groups in total. The Morgan fingerprint density at radius 3 is 2.88 bits per heavy atom. The van der Waals surface area contributed by atoms with Gasteiger partial charge in [-0.3, -0.25) is 0 Å². The van der Waals surface area contributed by atoms with Gasteiger partial charge >= 0.3 is 0 Å². The Bertz CT molecular complexity index is 518. The summed E-state index contributed by atoms with van der Waals surface area (Å²) in [6, 6.07) is 8.31. The average molecular weight is 232 g/mol. The summed E-state index contributed by atoms with van der Waals surface area (Å²) in [4.78, 5) is 0. The van der Waals surface area contributed by atoms with Crippen molar-refractivity contribution in [2.24, 2.45) is 0 Å². The molecule has 2 heterocycles. The number of phenols is 1.